The number of hydrogen-bond acceptors (Lipinski definition) is 17. The third-order valence-electron chi connectivity index (χ3n) is 8.16. The maximum Gasteiger partial charge on any atom is 0.415 e. The van der Waals surface area contributed by atoms with E-state index in [-0.39, 0.29) is 60.2 Å². The van der Waals surface area contributed by atoms with Gasteiger partial charge in [-0.15, -0.1) is 0 Å². The number of rotatable bonds is 19. The van der Waals surface area contributed by atoms with Crippen molar-refractivity contribution in [2.75, 3.05) is 74.1 Å². The fraction of sp³-hybridized carbons (Fsp3) is 0.389. The first-order valence-electron chi connectivity index (χ1n) is 18.1. The molecule has 0 saturated carbocycles. The Balaban J connectivity index is 0.000000395. The number of aliphatic hydroxyl groups excluding tert-OH is 2. The number of unbranched alkanes of at least 4 members (excludes halogenated alkanes) is 2. The van der Waals surface area contributed by atoms with Crippen LogP contribution in [0.1, 0.15) is 43.7 Å². The van der Waals surface area contributed by atoms with Gasteiger partial charge in [0.05, 0.1) is 38.8 Å². The van der Waals surface area contributed by atoms with Gasteiger partial charge in [0.1, 0.15) is 17.0 Å². The van der Waals surface area contributed by atoms with Crippen LogP contribution >= 0.6 is 0 Å². The Bertz CT molecular complexity index is 2180. The second-order valence-corrected chi connectivity index (χ2v) is 12.2. The number of nitrogens with zero attached hydrogens (tertiary/aromatic N) is 7. The molecular formula is C36H49F3N12O9. The lowest BCUT2D eigenvalue weighted by Gasteiger charge is -2.22. The Morgan fingerprint density at radius 2 is 1.45 bits per heavy atom. The van der Waals surface area contributed by atoms with Gasteiger partial charge < -0.3 is 51.5 Å². The maximum atomic E-state index is 12.7. The molecule has 328 valence electrons. The van der Waals surface area contributed by atoms with Crippen LogP contribution in [0.25, 0.3) is 11.2 Å². The van der Waals surface area contributed by atoms with Gasteiger partial charge in [0, 0.05) is 35.5 Å². The molecule has 0 radical (unpaired) electrons. The smallest absolute Gasteiger partial charge is 0.415 e. The first kappa shape index (κ1) is 49.2. The number of aromatic amines is 1. The molecule has 0 saturated heterocycles. The molecule has 0 atom stereocenters. The minimum atomic E-state index is -0.822. The molecule has 2 aromatic carbocycles. The second-order valence-electron chi connectivity index (χ2n) is 12.2. The summed E-state index contributed by atoms with van der Waals surface area (Å²) in [6.07, 6.45) is 1.83. The molecule has 0 spiro atoms. The zero-order valence-electron chi connectivity index (χ0n) is 33.1. The first-order chi connectivity index (χ1) is 28.5. The number of aliphatic hydroxyl groups is 2. The number of fused-ring (bicyclic) bond motifs is 1. The molecule has 21 nitrogen and oxygen atoms in total. The van der Waals surface area contributed by atoms with Gasteiger partial charge in [0.25, 0.3) is 0 Å². The molecule has 5 rings (SSSR count). The lowest BCUT2D eigenvalue weighted by Crippen LogP contribution is -2.33. The highest BCUT2D eigenvalue weighted by molar-refractivity contribution is 5.91. The monoisotopic (exact) mass is 850 g/mol. The number of aromatic nitrogens is 6. The number of H-pyrrole nitrogens is 1. The molecule has 5 aromatic rings. The largest absolute Gasteiger partial charge is 0.497 e. The van der Waals surface area contributed by atoms with Crippen molar-refractivity contribution in [3.8, 4) is 11.5 Å². The number of nitrogens with two attached hydrogens (primary N) is 2. The van der Waals surface area contributed by atoms with E-state index < -0.39 is 16.7 Å². The highest BCUT2D eigenvalue weighted by Crippen LogP contribution is 2.34. The summed E-state index contributed by atoms with van der Waals surface area (Å²) in [7, 11) is 3.10. The van der Waals surface area contributed by atoms with Gasteiger partial charge in [-0.3, -0.25) is 24.3 Å². The Labute approximate surface area is 341 Å². The van der Waals surface area contributed by atoms with E-state index >= 15 is 0 Å². The van der Waals surface area contributed by atoms with Gasteiger partial charge in [0.2, 0.25) is 23.5 Å². The van der Waals surface area contributed by atoms with Crippen molar-refractivity contribution in [3.63, 3.8) is 0 Å². The van der Waals surface area contributed by atoms with E-state index in [1.807, 2.05) is 24.3 Å². The van der Waals surface area contributed by atoms with Crippen LogP contribution in [-0.2, 0) is 17.8 Å². The summed E-state index contributed by atoms with van der Waals surface area (Å²) >= 11 is 0. The van der Waals surface area contributed by atoms with Crippen molar-refractivity contribution < 1.29 is 48.0 Å². The number of methoxy groups -OCH3 is 2. The Hall–Kier alpha value is -6.95. The Kier molecular flexibility index (Phi) is 20.8. The van der Waals surface area contributed by atoms with Crippen LogP contribution in [0.4, 0.5) is 53.7 Å². The number of benzene rings is 2. The Morgan fingerprint density at radius 3 is 2.00 bits per heavy atom. The number of carbonyl (C=O) groups is 1. The summed E-state index contributed by atoms with van der Waals surface area (Å²) in [6.45, 7) is 3.14. The normalized spacial score (nSPS) is 10.2. The molecule has 0 bridgehead atoms. The van der Waals surface area contributed by atoms with Crippen molar-refractivity contribution in [1.29, 1.82) is 0 Å². The number of halogens is 3. The van der Waals surface area contributed by atoms with Gasteiger partial charge in [-0.05, 0) is 68.0 Å². The molecule has 24 heteroatoms. The van der Waals surface area contributed by atoms with Crippen LogP contribution in [0.3, 0.4) is 0 Å². The standard InChI is InChI=1S/C19H26N6O6.C17H22N6O3.F2.FH/c1-3-31-19(27)24(12-13-7-6-8-14(11-13)30-2)17-15(25(28)29)16(20)22-18(23-17)21-9-4-5-10-26;1-26-12-6-4-5-11(9-12)10-23-15-13(20-17(23)25)14(18)21-16(22-15)19-7-2-3-8-24;1-2;/h6-8,11,26H,3-5,9-10,12H2,1-2H3,(H3,20,21,22,23);4-6,9,24H,2-3,7-8,10H2,1H3,(H,20,25)(H3,18,19,21,22);;1H. The molecule has 0 unspecified atom stereocenters. The molecule has 0 aliphatic rings. The predicted molar refractivity (Wildman–Crippen MR) is 218 cm³/mol. The zero-order chi connectivity index (χ0) is 43.3. The van der Waals surface area contributed by atoms with E-state index in [2.05, 4.69) is 35.6 Å². The lowest BCUT2D eigenvalue weighted by atomic mass is 10.2. The molecule has 1 amide bonds. The molecule has 9 N–H and O–H groups in total. The van der Waals surface area contributed by atoms with E-state index in [9.17, 15) is 19.7 Å². The predicted octanol–water partition coefficient (Wildman–Crippen LogP) is 4.26. The van der Waals surface area contributed by atoms with Crippen molar-refractivity contribution in [2.24, 2.45) is 0 Å². The number of amides is 1. The van der Waals surface area contributed by atoms with E-state index in [4.69, 9.17) is 45.0 Å². The fourth-order valence-electron chi connectivity index (χ4n) is 5.39. The average molecular weight is 851 g/mol. The summed E-state index contributed by atoms with van der Waals surface area (Å²) in [6, 6.07) is 14.4. The van der Waals surface area contributed by atoms with Gasteiger partial charge in [0.15, 0.2) is 11.5 Å². The minimum Gasteiger partial charge on any atom is -0.497 e. The van der Waals surface area contributed by atoms with Crippen LogP contribution in [-0.4, -0.2) is 97.8 Å². The van der Waals surface area contributed by atoms with Crippen LogP contribution in [0.15, 0.2) is 53.3 Å². The third-order valence-corrected chi connectivity index (χ3v) is 8.16. The molecule has 0 aliphatic carbocycles. The molecular weight excluding hydrogens is 801 g/mol. The number of imidazole rings is 1. The number of nitro groups is 1. The van der Waals surface area contributed by atoms with Crippen LogP contribution < -0.4 is 42.2 Å². The third kappa shape index (κ3) is 13.9. The fourth-order valence-corrected chi connectivity index (χ4v) is 5.39. The topological polar surface area (TPSA) is 297 Å². The quantitative estimate of drug-likeness (QED) is 0.0347. The van der Waals surface area contributed by atoms with Crippen LogP contribution in [0.2, 0.25) is 0 Å². The van der Waals surface area contributed by atoms with Gasteiger partial charge in [-0.2, -0.15) is 19.9 Å². The summed E-state index contributed by atoms with van der Waals surface area (Å²) in [5, 5.41) is 35.4. The molecule has 0 fully saturated rings. The number of hydrogen-bond donors (Lipinski definition) is 7. The van der Waals surface area contributed by atoms with E-state index in [0.29, 0.717) is 67.3 Å². The van der Waals surface area contributed by atoms with Crippen molar-refractivity contribution in [2.45, 2.75) is 45.7 Å². The average Bonchev–Trinajstić information content (AvgIpc) is 3.55. The maximum absolute atomic E-state index is 12.7. The Morgan fingerprint density at radius 1 is 0.900 bits per heavy atom. The summed E-state index contributed by atoms with van der Waals surface area (Å²) in [4.78, 5) is 56.5. The number of carbonyl (C=O) groups excluding carboxylic acids is 1. The molecule has 60 heavy (non-hydrogen) atoms. The zero-order valence-corrected chi connectivity index (χ0v) is 33.1. The number of anilines is 5. The first-order valence-corrected chi connectivity index (χ1v) is 18.1. The summed E-state index contributed by atoms with van der Waals surface area (Å²) in [5.74, 6) is 1.19. The molecule has 0 aliphatic heterocycles. The highest BCUT2D eigenvalue weighted by Gasteiger charge is 2.32. The minimum absolute atomic E-state index is 0. The van der Waals surface area contributed by atoms with Crippen molar-refractivity contribution in [3.05, 3.63) is 80.3 Å². The van der Waals surface area contributed by atoms with E-state index in [0.717, 1.165) is 22.6 Å². The number of ether oxygens (including phenoxy) is 3. The van der Waals surface area contributed by atoms with Crippen LogP contribution in [0, 0.1) is 10.1 Å². The van der Waals surface area contributed by atoms with E-state index in [1.54, 1.807) is 38.3 Å². The molecule has 3 aromatic heterocycles. The van der Waals surface area contributed by atoms with Crippen LogP contribution in [0.5, 0.6) is 11.5 Å². The highest BCUT2D eigenvalue weighted by atomic mass is 20.0. The second kappa shape index (κ2) is 25.4. The summed E-state index contributed by atoms with van der Waals surface area (Å²) < 4.78 is 33.0. The van der Waals surface area contributed by atoms with Gasteiger partial charge in [-0.1, -0.05) is 24.3 Å². The SMILES string of the molecule is CCOC(=O)N(Cc1cccc(OC)c1)c1nc(NCCCCO)nc(N)c1[N+](=O)[O-].COc1cccc(Cn2c(=O)[nH]c3c(N)nc(NCCCCO)nc32)c1.F.FF. The van der Waals surface area contributed by atoms with Crippen molar-refractivity contribution >= 4 is 52.3 Å². The van der Waals surface area contributed by atoms with Crippen molar-refractivity contribution in [1.82, 2.24) is 29.5 Å². The number of nitrogen functional groups attached to an aromatic ring is 2. The lowest BCUT2D eigenvalue weighted by molar-refractivity contribution is -0.383. The van der Waals surface area contributed by atoms with Gasteiger partial charge in [-0.25, -0.2) is 9.59 Å². The van der Waals surface area contributed by atoms with Gasteiger partial charge >= 0.3 is 17.5 Å². The van der Waals surface area contributed by atoms with E-state index in [1.165, 1.54) is 11.7 Å². The molecule has 3 heterocycles. The summed E-state index contributed by atoms with van der Waals surface area (Å²) in [5.41, 5.74) is 13.3. The number of nitrogens with one attached hydrogen (secondary N) is 3.